The van der Waals surface area contributed by atoms with Gasteiger partial charge in [0.1, 0.15) is 54.4 Å². The maximum Gasteiger partial charge on any atom is 0.243 e. The first-order valence-electron chi connectivity index (χ1n) is 35.5. The van der Waals surface area contributed by atoms with Gasteiger partial charge in [0.05, 0.1) is 6.54 Å². The number of benzene rings is 1. The minimum Gasteiger partial charge on any atom is -0.368 e. The molecule has 11 amide bonds. The summed E-state index contributed by atoms with van der Waals surface area (Å²) in [4.78, 5) is 154. The largest absolute Gasteiger partial charge is 0.368 e. The van der Waals surface area contributed by atoms with Crippen LogP contribution >= 0.6 is 0 Å². The van der Waals surface area contributed by atoms with Crippen molar-refractivity contribution in [3.05, 3.63) is 35.9 Å². The van der Waals surface area contributed by atoms with E-state index in [4.69, 9.17) is 22.9 Å². The number of unbranched alkanes of at least 4 members (excludes halogenated alkanes) is 10. The zero-order valence-corrected chi connectivity index (χ0v) is 59.6. The predicted molar refractivity (Wildman–Crippen MR) is 373 cm³/mol. The molecule has 0 bridgehead atoms. The lowest BCUT2D eigenvalue weighted by molar-refractivity contribution is -0.136. The van der Waals surface area contributed by atoms with Gasteiger partial charge in [-0.25, -0.2) is 0 Å². The summed E-state index contributed by atoms with van der Waals surface area (Å²) >= 11 is 0. The van der Waals surface area contributed by atoms with Crippen molar-refractivity contribution in [1.29, 1.82) is 0 Å². The van der Waals surface area contributed by atoms with Gasteiger partial charge < -0.3 is 76.1 Å². The number of hydrogen-bond donors (Lipinski definition) is 14. The third kappa shape index (κ3) is 38.0. The molecule has 1 aromatic rings. The van der Waals surface area contributed by atoms with Crippen LogP contribution in [0.2, 0.25) is 0 Å². The van der Waals surface area contributed by atoms with Crippen molar-refractivity contribution in [2.24, 2.45) is 52.5 Å². The van der Waals surface area contributed by atoms with E-state index in [2.05, 4.69) is 60.1 Å². The van der Waals surface area contributed by atoms with Crippen LogP contribution in [0, 0.1) is 29.6 Å². The molecule has 0 aliphatic carbocycles. The number of rotatable bonds is 53. The fraction of sp³-hybridized carbons (Fsp3) is 0.757. The van der Waals surface area contributed by atoms with E-state index in [1.807, 2.05) is 62.3 Å². The van der Waals surface area contributed by atoms with Crippen molar-refractivity contribution in [1.82, 2.24) is 53.2 Å². The summed E-state index contributed by atoms with van der Waals surface area (Å²) in [5, 5.41) is 28.0. The minimum absolute atomic E-state index is 0.0209. The molecule has 0 aliphatic heterocycles. The predicted octanol–water partition coefficient (Wildman–Crippen LogP) is 4.34. The molecule has 10 atom stereocenters. The van der Waals surface area contributed by atoms with E-state index in [9.17, 15) is 52.7 Å². The summed E-state index contributed by atoms with van der Waals surface area (Å²) in [6, 6.07) is -1.67. The lowest BCUT2D eigenvalue weighted by Gasteiger charge is -2.30. The molecule has 0 radical (unpaired) electrons. The SMILES string of the molecule is CCCCCCCCCCC(=O)NCC(=O)N[C@@H](CC(C)C)C(=O)N[C@@H](CC(C)C)C(=O)N[C@@H](CCCCN)C(=O)N[C@@H](Cc1ccccc1)C(=O)N[C@H](C(=O)N[C@@H](CCCCN)C(=O)N[C@@H](CCCCN)C(=O)N[C@@H](CC(C)C)C(=O)N[C@@H](CC(C)C)C(N)=O)[C@@H](C)CC. The molecule has 0 saturated carbocycles. The van der Waals surface area contributed by atoms with Crippen LogP contribution in [0.3, 0.4) is 0 Å². The summed E-state index contributed by atoms with van der Waals surface area (Å²) in [5.41, 5.74) is 23.9. The van der Waals surface area contributed by atoms with E-state index >= 15 is 0 Å². The van der Waals surface area contributed by atoms with Gasteiger partial charge in [0.15, 0.2) is 0 Å². The number of primary amides is 1. The Morgan fingerprint density at radius 2 is 0.716 bits per heavy atom. The summed E-state index contributed by atoms with van der Waals surface area (Å²) in [6.45, 7) is 21.3. The molecule has 0 aromatic heterocycles. The van der Waals surface area contributed by atoms with Crippen LogP contribution in [-0.4, -0.2) is 146 Å². The normalized spacial score (nSPS) is 14.6. The second kappa shape index (κ2) is 49.7. The molecule has 25 nitrogen and oxygen atoms in total. The average Bonchev–Trinajstić information content (AvgIpc) is 0.949. The Balaban J connectivity index is 3.60. The van der Waals surface area contributed by atoms with E-state index in [1.165, 1.54) is 25.7 Å². The molecule has 0 spiro atoms. The van der Waals surface area contributed by atoms with Crippen LogP contribution in [0.1, 0.15) is 229 Å². The molecule has 25 heteroatoms. The Bertz CT molecular complexity index is 2450. The number of carbonyl (C=O) groups excluding carboxylic acids is 11. The van der Waals surface area contributed by atoms with Crippen molar-refractivity contribution >= 4 is 65.0 Å². The number of nitrogens with two attached hydrogens (primary N) is 4. The summed E-state index contributed by atoms with van der Waals surface area (Å²) in [6.07, 6.45) is 13.1. The molecule has 542 valence electrons. The first kappa shape index (κ1) is 86.3. The molecule has 18 N–H and O–H groups in total. The maximum absolute atomic E-state index is 14.9. The average molecular weight is 1340 g/mol. The molecule has 1 aromatic carbocycles. The molecule has 0 heterocycles. The molecular weight excluding hydrogens is 1210 g/mol. The van der Waals surface area contributed by atoms with Gasteiger partial charge in [-0.05, 0) is 145 Å². The smallest absolute Gasteiger partial charge is 0.243 e. The Hall–Kier alpha value is -6.73. The second-order valence-electron chi connectivity index (χ2n) is 27.4. The Kier molecular flexibility index (Phi) is 45.2. The first-order chi connectivity index (χ1) is 45.1. The van der Waals surface area contributed by atoms with Gasteiger partial charge in [0, 0.05) is 12.8 Å². The van der Waals surface area contributed by atoms with Crippen molar-refractivity contribution in [3.8, 4) is 0 Å². The van der Waals surface area contributed by atoms with Crippen LogP contribution in [0.25, 0.3) is 0 Å². The third-order valence-corrected chi connectivity index (χ3v) is 16.6. The van der Waals surface area contributed by atoms with Gasteiger partial charge in [-0.3, -0.25) is 52.7 Å². The topological polar surface area (TPSA) is 412 Å². The van der Waals surface area contributed by atoms with Crippen LogP contribution < -0.4 is 76.1 Å². The number of amides is 11. The van der Waals surface area contributed by atoms with Gasteiger partial charge in [-0.15, -0.1) is 0 Å². The lowest BCUT2D eigenvalue weighted by Crippen LogP contribution is -2.61. The molecule has 95 heavy (non-hydrogen) atoms. The lowest BCUT2D eigenvalue weighted by atomic mass is 9.96. The van der Waals surface area contributed by atoms with Crippen LogP contribution in [-0.2, 0) is 59.2 Å². The van der Waals surface area contributed by atoms with Crippen molar-refractivity contribution in [3.63, 3.8) is 0 Å². The zero-order chi connectivity index (χ0) is 71.4. The highest BCUT2D eigenvalue weighted by atomic mass is 16.2. The number of nitrogens with one attached hydrogen (secondary N) is 10. The van der Waals surface area contributed by atoms with Gasteiger partial charge in [-0.1, -0.05) is 158 Å². The highest BCUT2D eigenvalue weighted by molar-refractivity contribution is 5.99. The van der Waals surface area contributed by atoms with Crippen LogP contribution in [0.4, 0.5) is 0 Å². The summed E-state index contributed by atoms with van der Waals surface area (Å²) < 4.78 is 0. The molecule has 0 fully saturated rings. The molecular formula is C70H126N14O11. The van der Waals surface area contributed by atoms with Gasteiger partial charge in [-0.2, -0.15) is 0 Å². The van der Waals surface area contributed by atoms with Crippen molar-refractivity contribution < 1.29 is 52.7 Å². The number of hydrogen-bond acceptors (Lipinski definition) is 14. The second-order valence-corrected chi connectivity index (χ2v) is 27.4. The molecule has 0 unspecified atom stereocenters. The Morgan fingerprint density at radius 1 is 0.368 bits per heavy atom. The highest BCUT2D eigenvalue weighted by Gasteiger charge is 2.37. The number of carbonyl (C=O) groups is 11. The van der Waals surface area contributed by atoms with Gasteiger partial charge in [0.25, 0.3) is 0 Å². The van der Waals surface area contributed by atoms with E-state index in [-0.39, 0.29) is 107 Å². The highest BCUT2D eigenvalue weighted by Crippen LogP contribution is 2.17. The van der Waals surface area contributed by atoms with E-state index in [0.717, 1.165) is 19.3 Å². The summed E-state index contributed by atoms with van der Waals surface area (Å²) in [7, 11) is 0. The van der Waals surface area contributed by atoms with E-state index in [1.54, 1.807) is 37.3 Å². The standard InChI is InChI=1S/C70H126N14O11/c1-12-14-15-16-17-18-19-23-35-59(85)75-44-60(86)76-55(40-46(5)6)66(91)82-56(41-47(7)8)67(92)78-52(33-25-28-37-72)65(90)83-58(43-50-30-21-20-22-31-50)69(94)84-61(49(11)13-2)70(95)79-53(34-26-29-38-73)63(88)77-51(32-24-27-36-71)64(89)81-57(42-48(9)10)68(93)80-54(62(74)87)39-45(3)4/h20-22,30-31,45-49,51-58,61H,12-19,23-29,32-44,71-73H2,1-11H3,(H2,74,87)(H,75,85)(H,76,86)(H,77,88)(H,78,92)(H,79,95)(H,80,93)(H,81,89)(H,82,91)(H,83,90)(H,84,94)/t49-,51-,52-,53-,54-,55-,56-,57-,58-,61-/m0/s1. The van der Waals surface area contributed by atoms with Crippen LogP contribution in [0.15, 0.2) is 30.3 Å². The van der Waals surface area contributed by atoms with E-state index in [0.29, 0.717) is 63.5 Å². The fourth-order valence-corrected chi connectivity index (χ4v) is 11.0. The zero-order valence-electron chi connectivity index (χ0n) is 59.6. The van der Waals surface area contributed by atoms with Gasteiger partial charge in [0.2, 0.25) is 65.0 Å². The van der Waals surface area contributed by atoms with E-state index < -0.39 is 119 Å². The van der Waals surface area contributed by atoms with Crippen LogP contribution in [0.5, 0.6) is 0 Å². The maximum atomic E-state index is 14.9. The first-order valence-corrected chi connectivity index (χ1v) is 35.5. The minimum atomic E-state index is -1.32. The monoisotopic (exact) mass is 1340 g/mol. The summed E-state index contributed by atoms with van der Waals surface area (Å²) in [5.74, 6) is -7.78. The van der Waals surface area contributed by atoms with Crippen molar-refractivity contribution in [2.75, 3.05) is 26.2 Å². The fourth-order valence-electron chi connectivity index (χ4n) is 11.0. The Morgan fingerprint density at radius 3 is 1.12 bits per heavy atom. The quantitative estimate of drug-likeness (QED) is 0.0404. The molecule has 0 saturated heterocycles. The Labute approximate surface area is 567 Å². The van der Waals surface area contributed by atoms with Crippen molar-refractivity contribution in [2.45, 2.75) is 285 Å². The molecule has 1 rings (SSSR count). The van der Waals surface area contributed by atoms with Gasteiger partial charge >= 0.3 is 0 Å². The third-order valence-electron chi connectivity index (χ3n) is 16.6. The molecule has 0 aliphatic rings.